The van der Waals surface area contributed by atoms with Gasteiger partial charge in [0.1, 0.15) is 0 Å². The molecule has 0 aromatic carbocycles. The molecule has 0 aromatic rings. The van der Waals surface area contributed by atoms with Crippen molar-refractivity contribution in [1.82, 2.24) is 0 Å². The summed E-state index contributed by atoms with van der Waals surface area (Å²) in [6, 6.07) is 0. The molecule has 0 fully saturated rings. The Morgan fingerprint density at radius 1 is 1.00 bits per heavy atom. The second-order valence-corrected chi connectivity index (χ2v) is 0. The smallest absolute Gasteiger partial charge is 0.358 e. The molecule has 0 aliphatic carbocycles. The van der Waals surface area contributed by atoms with Crippen molar-refractivity contribution in [2.24, 2.45) is 5.73 Å². The molecule has 0 bridgehead atoms. The van der Waals surface area contributed by atoms with E-state index in [0.29, 0.717) is 0 Å². The fourth-order valence-corrected chi connectivity index (χ4v) is 0. The molecule has 3 radical (unpaired) electrons. The van der Waals surface area contributed by atoms with E-state index in [1.165, 1.54) is 7.05 Å². The molecule has 37 valence electrons. The van der Waals surface area contributed by atoms with E-state index >= 15 is 0 Å². The molecular formula is C3H11BNW. The predicted molar refractivity (Wildman–Crippen MR) is 28.7 cm³/mol. The first kappa shape index (κ1) is 74.7. The topological polar surface area (TPSA) is 26.0 Å². The van der Waals surface area contributed by atoms with Gasteiger partial charge in [-0.15, -0.1) is 0 Å². The van der Waals surface area contributed by atoms with Crippen molar-refractivity contribution in [3.63, 3.8) is 0 Å². The van der Waals surface area contributed by atoms with Crippen LogP contribution in [-0.2, 0) is 21.1 Å². The van der Waals surface area contributed by atoms with Crippen LogP contribution in [0.2, 0.25) is 0 Å². The SMILES string of the molecule is CN.[B].[CH3-].[CH3-].[W+2]. The van der Waals surface area contributed by atoms with Crippen LogP contribution in [0.5, 0.6) is 0 Å². The van der Waals surface area contributed by atoms with Crippen molar-refractivity contribution in [2.75, 3.05) is 7.05 Å². The Hall–Kier alpha value is 0.713. The number of nitrogens with two attached hydrogens (primary N) is 1. The third-order valence-electron chi connectivity index (χ3n) is 0. The van der Waals surface area contributed by atoms with Crippen LogP contribution in [0.15, 0.2) is 0 Å². The quantitative estimate of drug-likeness (QED) is 0.482. The van der Waals surface area contributed by atoms with Gasteiger partial charge in [0.15, 0.2) is 0 Å². The van der Waals surface area contributed by atoms with Crippen molar-refractivity contribution >= 4 is 8.41 Å². The minimum Gasteiger partial charge on any atom is -0.358 e. The van der Waals surface area contributed by atoms with Crippen LogP contribution in [0, 0.1) is 14.9 Å². The first-order valence-corrected chi connectivity index (χ1v) is 0.577. The van der Waals surface area contributed by atoms with Crippen molar-refractivity contribution in [3.8, 4) is 0 Å². The zero-order chi connectivity index (χ0) is 2.00. The van der Waals surface area contributed by atoms with Gasteiger partial charge in [0.2, 0.25) is 0 Å². The first-order valence-electron chi connectivity index (χ1n) is 0.577. The van der Waals surface area contributed by atoms with E-state index in [1.807, 2.05) is 0 Å². The van der Waals surface area contributed by atoms with Gasteiger partial charge in [-0.1, -0.05) is 0 Å². The van der Waals surface area contributed by atoms with Crippen LogP contribution in [0.3, 0.4) is 0 Å². The van der Waals surface area contributed by atoms with Gasteiger partial charge in [-0.25, -0.2) is 0 Å². The second kappa shape index (κ2) is 249. The van der Waals surface area contributed by atoms with Gasteiger partial charge in [0, 0.05) is 8.41 Å². The summed E-state index contributed by atoms with van der Waals surface area (Å²) in [6.07, 6.45) is 0. The number of hydrogen-bond acceptors (Lipinski definition) is 1. The average Bonchev–Trinajstić information content (AvgIpc) is 1.00. The van der Waals surface area contributed by atoms with E-state index in [1.54, 1.807) is 0 Å². The molecule has 6 heavy (non-hydrogen) atoms. The summed E-state index contributed by atoms with van der Waals surface area (Å²) in [7, 11) is 1.50. The summed E-state index contributed by atoms with van der Waals surface area (Å²) in [5, 5.41) is 0. The van der Waals surface area contributed by atoms with E-state index < -0.39 is 0 Å². The standard InChI is InChI=1S/CH5N.2CH3.B.W/c1-2;;;;/h2H2,1H3;2*1H3;;/q;2*-1;;+2. The van der Waals surface area contributed by atoms with Crippen molar-refractivity contribution in [1.29, 1.82) is 0 Å². The largest absolute Gasteiger partial charge is 2.00 e. The maximum absolute atomic E-state index is 4.50. The van der Waals surface area contributed by atoms with Crippen LogP contribution in [0.1, 0.15) is 0 Å². The maximum atomic E-state index is 4.50. The molecule has 0 rings (SSSR count). The molecular weight excluding hydrogens is 245 g/mol. The van der Waals surface area contributed by atoms with Crippen molar-refractivity contribution < 1.29 is 21.1 Å². The summed E-state index contributed by atoms with van der Waals surface area (Å²) in [4.78, 5) is 0. The Kier molecular flexibility index (Phi) is 3100. The number of rotatable bonds is 0. The van der Waals surface area contributed by atoms with Gasteiger partial charge in [0.25, 0.3) is 0 Å². The first-order chi connectivity index (χ1) is 1.00. The molecule has 0 atom stereocenters. The third kappa shape index (κ3) is 128. The molecule has 2 N–H and O–H groups in total. The van der Waals surface area contributed by atoms with E-state index in [-0.39, 0.29) is 44.3 Å². The molecule has 0 saturated heterocycles. The van der Waals surface area contributed by atoms with Gasteiger partial charge in [-0.2, -0.15) is 0 Å². The summed E-state index contributed by atoms with van der Waals surface area (Å²) >= 11 is 0. The van der Waals surface area contributed by atoms with Gasteiger partial charge >= 0.3 is 21.1 Å². The minimum absolute atomic E-state index is 0. The Bertz CT molecular complexity index is 10.8. The van der Waals surface area contributed by atoms with Gasteiger partial charge in [-0.05, 0) is 7.05 Å². The Labute approximate surface area is 57.5 Å². The average molecular weight is 256 g/mol. The van der Waals surface area contributed by atoms with E-state index in [0.717, 1.165) is 0 Å². The summed E-state index contributed by atoms with van der Waals surface area (Å²) < 4.78 is 0. The van der Waals surface area contributed by atoms with Crippen LogP contribution in [-0.4, -0.2) is 15.5 Å². The zero-order valence-corrected chi connectivity index (χ0v) is 7.50. The molecule has 0 spiro atoms. The van der Waals surface area contributed by atoms with Crippen LogP contribution < -0.4 is 5.73 Å². The van der Waals surface area contributed by atoms with Crippen LogP contribution in [0.25, 0.3) is 0 Å². The Morgan fingerprint density at radius 3 is 1.00 bits per heavy atom. The van der Waals surface area contributed by atoms with Gasteiger partial charge in [0.05, 0.1) is 0 Å². The molecule has 3 heteroatoms. The fraction of sp³-hybridized carbons (Fsp3) is 0.333. The van der Waals surface area contributed by atoms with Crippen molar-refractivity contribution in [3.05, 3.63) is 14.9 Å². The molecule has 1 nitrogen and oxygen atoms in total. The maximum Gasteiger partial charge on any atom is 2.00 e. The van der Waals surface area contributed by atoms with E-state index in [4.69, 9.17) is 0 Å². The van der Waals surface area contributed by atoms with Crippen LogP contribution >= 0.6 is 0 Å². The normalized spacial score (nSPS) is 1.00. The summed E-state index contributed by atoms with van der Waals surface area (Å²) in [5.41, 5.74) is 4.50. The van der Waals surface area contributed by atoms with Gasteiger partial charge in [-0.3, -0.25) is 0 Å². The zero-order valence-electron chi connectivity index (χ0n) is 4.56. The number of hydrogen-bond donors (Lipinski definition) is 1. The van der Waals surface area contributed by atoms with Crippen molar-refractivity contribution in [2.45, 2.75) is 0 Å². The molecule has 0 amide bonds. The van der Waals surface area contributed by atoms with E-state index in [9.17, 15) is 0 Å². The second-order valence-electron chi connectivity index (χ2n) is 0. The molecule has 0 heterocycles. The van der Waals surface area contributed by atoms with Crippen LogP contribution in [0.4, 0.5) is 0 Å². The van der Waals surface area contributed by atoms with E-state index in [2.05, 4.69) is 5.73 Å². The fourth-order valence-electron chi connectivity index (χ4n) is 0. The molecule has 0 unspecified atom stereocenters. The van der Waals surface area contributed by atoms with Gasteiger partial charge < -0.3 is 20.6 Å². The molecule has 0 aliphatic heterocycles. The monoisotopic (exact) mass is 256 g/mol. The Balaban J connectivity index is -0.000000000833. The minimum atomic E-state index is 0. The summed E-state index contributed by atoms with van der Waals surface area (Å²) in [6.45, 7) is 0. The molecule has 0 aromatic heterocycles. The molecule has 0 aliphatic rings. The molecule has 0 saturated carbocycles. The summed E-state index contributed by atoms with van der Waals surface area (Å²) in [5.74, 6) is 0. The Morgan fingerprint density at radius 2 is 1.00 bits per heavy atom. The predicted octanol–water partition coefficient (Wildman–Crippen LogP) is 0.0922. The third-order valence-corrected chi connectivity index (χ3v) is 0.